The Kier molecular flexibility index (Phi) is 3.42. The summed E-state index contributed by atoms with van der Waals surface area (Å²) >= 11 is 2.32. The van der Waals surface area contributed by atoms with Gasteiger partial charge in [-0.25, -0.2) is 0 Å². The molecule has 4 heteroatoms. The summed E-state index contributed by atoms with van der Waals surface area (Å²) in [6.07, 6.45) is 1.84. The van der Waals surface area contributed by atoms with Gasteiger partial charge < -0.3 is 5.32 Å². The van der Waals surface area contributed by atoms with Crippen molar-refractivity contribution in [2.75, 3.05) is 5.32 Å². The van der Waals surface area contributed by atoms with E-state index in [1.807, 2.05) is 12.3 Å². The van der Waals surface area contributed by atoms with Crippen LogP contribution in [0.3, 0.4) is 0 Å². The van der Waals surface area contributed by atoms with Crippen LogP contribution in [0.1, 0.15) is 18.5 Å². The summed E-state index contributed by atoms with van der Waals surface area (Å²) in [5.41, 5.74) is 3.46. The maximum Gasteiger partial charge on any atom is 0.0651 e. The van der Waals surface area contributed by atoms with Crippen molar-refractivity contribution in [3.8, 4) is 0 Å². The van der Waals surface area contributed by atoms with E-state index in [-0.39, 0.29) is 6.04 Å². The third-order valence-electron chi connectivity index (χ3n) is 3.19. The number of nitrogens with one attached hydrogen (secondary N) is 2. The Bertz CT molecular complexity index is 688. The van der Waals surface area contributed by atoms with E-state index in [0.29, 0.717) is 0 Å². The molecule has 0 aliphatic carbocycles. The monoisotopic (exact) mass is 363 g/mol. The lowest BCUT2D eigenvalue weighted by Gasteiger charge is -2.15. The summed E-state index contributed by atoms with van der Waals surface area (Å²) in [7, 11) is 0. The topological polar surface area (TPSA) is 40.7 Å². The van der Waals surface area contributed by atoms with E-state index >= 15 is 0 Å². The van der Waals surface area contributed by atoms with Gasteiger partial charge in [0, 0.05) is 20.7 Å². The Balaban J connectivity index is 1.81. The van der Waals surface area contributed by atoms with Gasteiger partial charge in [0.1, 0.15) is 0 Å². The van der Waals surface area contributed by atoms with E-state index < -0.39 is 0 Å². The molecule has 3 nitrogen and oxygen atoms in total. The van der Waals surface area contributed by atoms with Crippen molar-refractivity contribution < 1.29 is 0 Å². The third-order valence-corrected chi connectivity index (χ3v) is 3.91. The lowest BCUT2D eigenvalue weighted by Crippen LogP contribution is -2.06. The molecule has 0 bridgehead atoms. The number of benzene rings is 2. The van der Waals surface area contributed by atoms with Crippen molar-refractivity contribution in [3.63, 3.8) is 0 Å². The highest BCUT2D eigenvalue weighted by atomic mass is 127. The highest BCUT2D eigenvalue weighted by Crippen LogP contribution is 2.22. The number of nitrogens with zero attached hydrogens (tertiary/aromatic N) is 1. The van der Waals surface area contributed by atoms with Crippen molar-refractivity contribution in [2.45, 2.75) is 13.0 Å². The number of aromatic nitrogens is 2. The summed E-state index contributed by atoms with van der Waals surface area (Å²) in [4.78, 5) is 0. The van der Waals surface area contributed by atoms with Crippen molar-refractivity contribution in [2.24, 2.45) is 0 Å². The average molecular weight is 363 g/mol. The summed E-state index contributed by atoms with van der Waals surface area (Å²) in [5, 5.41) is 11.6. The highest BCUT2D eigenvalue weighted by Gasteiger charge is 2.06. The number of H-pyrrole nitrogens is 1. The third kappa shape index (κ3) is 2.73. The fourth-order valence-corrected chi connectivity index (χ4v) is 2.48. The number of hydrogen-bond donors (Lipinski definition) is 2. The first-order valence-corrected chi connectivity index (χ1v) is 7.25. The van der Waals surface area contributed by atoms with Crippen LogP contribution in [0.5, 0.6) is 0 Å². The van der Waals surface area contributed by atoms with Gasteiger partial charge in [-0.3, -0.25) is 5.10 Å². The Hall–Kier alpha value is -1.56. The van der Waals surface area contributed by atoms with Crippen LogP contribution >= 0.6 is 22.6 Å². The Morgan fingerprint density at radius 2 is 1.95 bits per heavy atom. The van der Waals surface area contributed by atoms with E-state index in [2.05, 4.69) is 81.4 Å². The van der Waals surface area contributed by atoms with Crippen LogP contribution in [-0.4, -0.2) is 10.2 Å². The van der Waals surface area contributed by atoms with Gasteiger partial charge in [-0.05, 0) is 65.4 Å². The SMILES string of the molecule is CC(Nc1ccc2[nH]ncc2c1)c1ccc(I)cc1. The largest absolute Gasteiger partial charge is 0.379 e. The molecule has 0 saturated heterocycles. The number of rotatable bonds is 3. The maximum atomic E-state index is 4.04. The number of halogens is 1. The zero-order chi connectivity index (χ0) is 13.2. The molecule has 0 radical (unpaired) electrons. The van der Waals surface area contributed by atoms with Gasteiger partial charge in [0.25, 0.3) is 0 Å². The molecule has 0 saturated carbocycles. The first-order valence-electron chi connectivity index (χ1n) is 6.17. The van der Waals surface area contributed by atoms with Gasteiger partial charge in [0.05, 0.1) is 11.7 Å². The van der Waals surface area contributed by atoms with E-state index in [1.54, 1.807) is 0 Å². The molecule has 1 aromatic heterocycles. The number of fused-ring (bicyclic) bond motifs is 1. The van der Waals surface area contributed by atoms with Gasteiger partial charge in [-0.1, -0.05) is 12.1 Å². The second-order valence-corrected chi connectivity index (χ2v) is 5.84. The van der Waals surface area contributed by atoms with Gasteiger partial charge in [0.15, 0.2) is 0 Å². The normalized spacial score (nSPS) is 12.5. The zero-order valence-electron chi connectivity index (χ0n) is 10.5. The molecule has 0 spiro atoms. The van der Waals surface area contributed by atoms with Gasteiger partial charge in [-0.15, -0.1) is 0 Å². The van der Waals surface area contributed by atoms with Crippen molar-refractivity contribution in [1.82, 2.24) is 10.2 Å². The second-order valence-electron chi connectivity index (χ2n) is 4.59. The van der Waals surface area contributed by atoms with Gasteiger partial charge >= 0.3 is 0 Å². The van der Waals surface area contributed by atoms with Crippen molar-refractivity contribution in [1.29, 1.82) is 0 Å². The predicted octanol–water partition coefficient (Wildman–Crippen LogP) is 4.34. The molecule has 0 aliphatic heterocycles. The summed E-state index contributed by atoms with van der Waals surface area (Å²) < 4.78 is 1.26. The Morgan fingerprint density at radius 1 is 1.16 bits per heavy atom. The van der Waals surface area contributed by atoms with Crippen molar-refractivity contribution >= 4 is 39.2 Å². The van der Waals surface area contributed by atoms with Crippen LogP contribution in [0, 0.1) is 3.57 Å². The van der Waals surface area contributed by atoms with Gasteiger partial charge in [0.2, 0.25) is 0 Å². The van der Waals surface area contributed by atoms with Crippen molar-refractivity contribution in [3.05, 3.63) is 57.8 Å². The van der Waals surface area contributed by atoms with Crippen LogP contribution < -0.4 is 5.32 Å². The molecule has 96 valence electrons. The van der Waals surface area contributed by atoms with E-state index in [0.717, 1.165) is 16.6 Å². The molecular formula is C15H14IN3. The average Bonchev–Trinajstić information content (AvgIpc) is 2.87. The predicted molar refractivity (Wildman–Crippen MR) is 87.3 cm³/mol. The molecule has 1 atom stereocenters. The zero-order valence-corrected chi connectivity index (χ0v) is 12.7. The molecule has 1 unspecified atom stereocenters. The molecule has 0 fully saturated rings. The quantitative estimate of drug-likeness (QED) is 0.680. The fourth-order valence-electron chi connectivity index (χ4n) is 2.12. The van der Waals surface area contributed by atoms with E-state index in [4.69, 9.17) is 0 Å². The molecule has 3 aromatic rings. The number of anilines is 1. The number of hydrogen-bond acceptors (Lipinski definition) is 2. The molecule has 0 aliphatic rings. The Morgan fingerprint density at radius 3 is 2.74 bits per heavy atom. The highest BCUT2D eigenvalue weighted by molar-refractivity contribution is 14.1. The summed E-state index contributed by atoms with van der Waals surface area (Å²) in [6, 6.07) is 15.1. The second kappa shape index (κ2) is 5.21. The van der Waals surface area contributed by atoms with Crippen LogP contribution in [0.2, 0.25) is 0 Å². The lowest BCUT2D eigenvalue weighted by molar-refractivity contribution is 0.885. The molecule has 2 aromatic carbocycles. The maximum absolute atomic E-state index is 4.04. The standard InChI is InChI=1S/C15H14IN3/c1-10(11-2-4-13(16)5-3-11)18-14-6-7-15-12(8-14)9-17-19-15/h2-10,18H,1H3,(H,17,19). The smallest absolute Gasteiger partial charge is 0.0651 e. The molecule has 2 N–H and O–H groups in total. The molecule has 19 heavy (non-hydrogen) atoms. The minimum Gasteiger partial charge on any atom is -0.379 e. The first-order chi connectivity index (χ1) is 9.22. The molecular weight excluding hydrogens is 349 g/mol. The molecule has 3 rings (SSSR count). The van der Waals surface area contributed by atoms with Gasteiger partial charge in [-0.2, -0.15) is 5.10 Å². The minimum atomic E-state index is 0.279. The Labute approximate surface area is 125 Å². The minimum absolute atomic E-state index is 0.279. The molecule has 1 heterocycles. The molecule has 0 amide bonds. The summed E-state index contributed by atoms with van der Waals surface area (Å²) in [5.74, 6) is 0. The van der Waals surface area contributed by atoms with Crippen LogP contribution in [0.25, 0.3) is 10.9 Å². The van der Waals surface area contributed by atoms with E-state index in [1.165, 1.54) is 9.13 Å². The fraction of sp³-hybridized carbons (Fsp3) is 0.133. The number of aromatic amines is 1. The lowest BCUT2D eigenvalue weighted by atomic mass is 10.1. The first kappa shape index (κ1) is 12.5. The summed E-state index contributed by atoms with van der Waals surface area (Å²) in [6.45, 7) is 2.17. The van der Waals surface area contributed by atoms with Crippen LogP contribution in [0.4, 0.5) is 5.69 Å². The van der Waals surface area contributed by atoms with E-state index in [9.17, 15) is 0 Å². The van der Waals surface area contributed by atoms with Crippen LogP contribution in [0.15, 0.2) is 48.7 Å². The van der Waals surface area contributed by atoms with Crippen LogP contribution in [-0.2, 0) is 0 Å².